The molecule has 1 aliphatic rings. The summed E-state index contributed by atoms with van der Waals surface area (Å²) < 4.78 is 0. The normalized spacial score (nSPS) is 30.3. The van der Waals surface area contributed by atoms with Crippen LogP contribution in [0.3, 0.4) is 0 Å². The van der Waals surface area contributed by atoms with Crippen molar-refractivity contribution >= 4 is 0 Å². The molecule has 1 aromatic carbocycles. The van der Waals surface area contributed by atoms with E-state index in [1.165, 1.54) is 17.5 Å². The number of piperazine rings is 1. The van der Waals surface area contributed by atoms with Gasteiger partial charge in [0.05, 0.1) is 0 Å². The van der Waals surface area contributed by atoms with E-state index in [9.17, 15) is 0 Å². The van der Waals surface area contributed by atoms with Crippen LogP contribution in [0.2, 0.25) is 0 Å². The molecule has 1 fully saturated rings. The van der Waals surface area contributed by atoms with Gasteiger partial charge in [-0.15, -0.1) is 0 Å². The molecule has 1 saturated heterocycles. The van der Waals surface area contributed by atoms with Gasteiger partial charge in [0.15, 0.2) is 0 Å². The van der Waals surface area contributed by atoms with Crippen molar-refractivity contribution in [3.63, 3.8) is 0 Å². The zero-order valence-electron chi connectivity index (χ0n) is 13.0. The predicted molar refractivity (Wildman–Crippen MR) is 82.5 cm³/mol. The SMILES string of the molecule is CCC1(C)CN(C(C)c2ccc(C)cc2)C(C)CN1. The van der Waals surface area contributed by atoms with Gasteiger partial charge in [-0.2, -0.15) is 0 Å². The lowest BCUT2D eigenvalue weighted by atomic mass is 9.91. The van der Waals surface area contributed by atoms with Gasteiger partial charge in [0, 0.05) is 30.7 Å². The van der Waals surface area contributed by atoms with Crippen molar-refractivity contribution in [3.8, 4) is 0 Å². The highest BCUT2D eigenvalue weighted by Gasteiger charge is 2.35. The molecule has 0 saturated carbocycles. The van der Waals surface area contributed by atoms with Crippen LogP contribution in [0.15, 0.2) is 24.3 Å². The Kier molecular flexibility index (Phi) is 4.32. The molecule has 0 amide bonds. The summed E-state index contributed by atoms with van der Waals surface area (Å²) in [6.45, 7) is 13.6. The maximum Gasteiger partial charge on any atom is 0.0324 e. The second-order valence-corrected chi connectivity index (χ2v) is 6.40. The van der Waals surface area contributed by atoms with Gasteiger partial charge in [0.2, 0.25) is 0 Å². The first-order valence-electron chi connectivity index (χ1n) is 7.52. The molecule has 0 spiro atoms. The van der Waals surface area contributed by atoms with E-state index in [1.54, 1.807) is 0 Å². The molecule has 1 aliphatic heterocycles. The fraction of sp³-hybridized carbons (Fsp3) is 0.647. The first-order valence-corrected chi connectivity index (χ1v) is 7.52. The van der Waals surface area contributed by atoms with Crippen LogP contribution >= 0.6 is 0 Å². The van der Waals surface area contributed by atoms with E-state index < -0.39 is 0 Å². The molecule has 2 nitrogen and oxygen atoms in total. The standard InChI is InChI=1S/C17H28N2/c1-6-17(5)12-19(14(3)11-18-17)15(4)16-9-7-13(2)8-10-16/h7-10,14-15,18H,6,11-12H2,1-5H3. The molecule has 1 heterocycles. The molecule has 19 heavy (non-hydrogen) atoms. The largest absolute Gasteiger partial charge is 0.309 e. The maximum atomic E-state index is 3.70. The van der Waals surface area contributed by atoms with Crippen LogP contribution in [0.5, 0.6) is 0 Å². The van der Waals surface area contributed by atoms with Crippen LogP contribution < -0.4 is 5.32 Å². The molecular formula is C17H28N2. The highest BCUT2D eigenvalue weighted by atomic mass is 15.3. The summed E-state index contributed by atoms with van der Waals surface area (Å²) in [6.07, 6.45) is 1.18. The monoisotopic (exact) mass is 260 g/mol. The van der Waals surface area contributed by atoms with Crippen LogP contribution in [0, 0.1) is 6.92 Å². The molecule has 2 heteroatoms. The molecule has 0 aromatic heterocycles. The van der Waals surface area contributed by atoms with Crippen LogP contribution in [0.25, 0.3) is 0 Å². The minimum atomic E-state index is 0.255. The average Bonchev–Trinajstić information content (AvgIpc) is 2.42. The maximum absolute atomic E-state index is 3.70. The third-order valence-corrected chi connectivity index (χ3v) is 4.76. The van der Waals surface area contributed by atoms with Crippen LogP contribution in [0.4, 0.5) is 0 Å². The summed E-state index contributed by atoms with van der Waals surface area (Å²) in [5.41, 5.74) is 3.02. The first-order chi connectivity index (χ1) is 8.95. The van der Waals surface area contributed by atoms with Crippen molar-refractivity contribution in [2.45, 2.75) is 58.7 Å². The summed E-state index contributed by atoms with van der Waals surface area (Å²) in [6, 6.07) is 10.1. The second-order valence-electron chi connectivity index (χ2n) is 6.40. The average molecular weight is 260 g/mol. The van der Waals surface area contributed by atoms with E-state index in [4.69, 9.17) is 0 Å². The topological polar surface area (TPSA) is 15.3 Å². The highest BCUT2D eigenvalue weighted by Crippen LogP contribution is 2.28. The van der Waals surface area contributed by atoms with E-state index >= 15 is 0 Å². The fourth-order valence-corrected chi connectivity index (χ4v) is 2.92. The minimum absolute atomic E-state index is 0.255. The Morgan fingerprint density at radius 3 is 2.58 bits per heavy atom. The quantitative estimate of drug-likeness (QED) is 0.894. The summed E-state index contributed by atoms with van der Waals surface area (Å²) in [7, 11) is 0. The Morgan fingerprint density at radius 1 is 1.37 bits per heavy atom. The lowest BCUT2D eigenvalue weighted by Gasteiger charge is -2.47. The molecule has 3 atom stereocenters. The molecule has 3 unspecified atom stereocenters. The Labute approximate surface area is 118 Å². The summed E-state index contributed by atoms with van der Waals surface area (Å²) in [5, 5.41) is 3.70. The molecule has 1 N–H and O–H groups in total. The van der Waals surface area contributed by atoms with Gasteiger partial charge in [0.25, 0.3) is 0 Å². The van der Waals surface area contributed by atoms with Gasteiger partial charge in [-0.1, -0.05) is 36.8 Å². The van der Waals surface area contributed by atoms with Gasteiger partial charge >= 0.3 is 0 Å². The van der Waals surface area contributed by atoms with E-state index in [1.807, 2.05) is 0 Å². The molecule has 1 aromatic rings. The Morgan fingerprint density at radius 2 is 2.00 bits per heavy atom. The number of aryl methyl sites for hydroxylation is 1. The van der Waals surface area contributed by atoms with E-state index in [0.717, 1.165) is 13.1 Å². The molecule has 0 aliphatic carbocycles. The predicted octanol–water partition coefficient (Wildman–Crippen LogP) is 3.52. The molecule has 2 rings (SSSR count). The van der Waals surface area contributed by atoms with Crippen LogP contribution in [0.1, 0.15) is 51.3 Å². The molecule has 0 radical (unpaired) electrons. The van der Waals surface area contributed by atoms with Gasteiger partial charge in [-0.05, 0) is 39.7 Å². The van der Waals surface area contributed by atoms with Gasteiger partial charge in [-0.3, -0.25) is 4.90 Å². The summed E-state index contributed by atoms with van der Waals surface area (Å²) in [4.78, 5) is 2.64. The molecule has 106 valence electrons. The van der Waals surface area contributed by atoms with E-state index in [-0.39, 0.29) is 5.54 Å². The van der Waals surface area contributed by atoms with Crippen molar-refractivity contribution in [1.82, 2.24) is 10.2 Å². The zero-order valence-corrected chi connectivity index (χ0v) is 13.0. The third-order valence-electron chi connectivity index (χ3n) is 4.76. The van der Waals surface area contributed by atoms with Gasteiger partial charge in [-0.25, -0.2) is 0 Å². The van der Waals surface area contributed by atoms with Crippen LogP contribution in [-0.4, -0.2) is 29.6 Å². The van der Waals surface area contributed by atoms with Gasteiger partial charge in [0.1, 0.15) is 0 Å². The summed E-state index contributed by atoms with van der Waals surface area (Å²) in [5.74, 6) is 0. The van der Waals surface area contributed by atoms with Crippen molar-refractivity contribution in [3.05, 3.63) is 35.4 Å². The summed E-state index contributed by atoms with van der Waals surface area (Å²) >= 11 is 0. The molecule has 0 bridgehead atoms. The number of hydrogen-bond acceptors (Lipinski definition) is 2. The second kappa shape index (κ2) is 5.64. The highest BCUT2D eigenvalue weighted by molar-refractivity contribution is 5.24. The smallest absolute Gasteiger partial charge is 0.0324 e. The number of nitrogens with one attached hydrogen (secondary N) is 1. The zero-order chi connectivity index (χ0) is 14.0. The van der Waals surface area contributed by atoms with Crippen molar-refractivity contribution in [2.24, 2.45) is 0 Å². The lowest BCUT2D eigenvalue weighted by Crippen LogP contribution is -2.62. The minimum Gasteiger partial charge on any atom is -0.309 e. The number of nitrogens with zero attached hydrogens (tertiary/aromatic N) is 1. The number of rotatable bonds is 3. The number of hydrogen-bond donors (Lipinski definition) is 1. The van der Waals surface area contributed by atoms with E-state index in [0.29, 0.717) is 12.1 Å². The number of benzene rings is 1. The lowest BCUT2D eigenvalue weighted by molar-refractivity contribution is 0.0597. The Hall–Kier alpha value is -0.860. The Bertz CT molecular complexity index is 412. The first kappa shape index (κ1) is 14.5. The van der Waals surface area contributed by atoms with Crippen molar-refractivity contribution < 1.29 is 0 Å². The Balaban J connectivity index is 2.16. The van der Waals surface area contributed by atoms with E-state index in [2.05, 4.69) is 69.1 Å². The third kappa shape index (κ3) is 3.18. The fourth-order valence-electron chi connectivity index (χ4n) is 2.92. The van der Waals surface area contributed by atoms with Crippen LogP contribution in [-0.2, 0) is 0 Å². The van der Waals surface area contributed by atoms with Crippen molar-refractivity contribution in [2.75, 3.05) is 13.1 Å². The van der Waals surface area contributed by atoms with Crippen molar-refractivity contribution in [1.29, 1.82) is 0 Å². The van der Waals surface area contributed by atoms with Gasteiger partial charge < -0.3 is 5.32 Å². The molecular weight excluding hydrogens is 232 g/mol.